The van der Waals surface area contributed by atoms with E-state index in [0.717, 1.165) is 24.9 Å². The molecule has 1 aliphatic rings. The fourth-order valence-electron chi connectivity index (χ4n) is 2.44. The van der Waals surface area contributed by atoms with Crippen LogP contribution in [0.25, 0.3) is 11.5 Å². The van der Waals surface area contributed by atoms with Crippen LogP contribution < -0.4 is 4.90 Å². The molecule has 20 heavy (non-hydrogen) atoms. The highest BCUT2D eigenvalue weighted by atomic mass is 16.4. The number of nitrogens with zero attached hydrogens (tertiary/aromatic N) is 3. The number of aliphatic hydroxyl groups excluding tert-OH is 1. The maximum atomic E-state index is 9.74. The van der Waals surface area contributed by atoms with Gasteiger partial charge in [0.2, 0.25) is 17.5 Å². The molecule has 0 aliphatic carbocycles. The molecule has 1 aliphatic heterocycles. The van der Waals surface area contributed by atoms with E-state index in [1.54, 1.807) is 0 Å². The second-order valence-electron chi connectivity index (χ2n) is 4.89. The zero-order chi connectivity index (χ0) is 13.9. The van der Waals surface area contributed by atoms with Gasteiger partial charge in [-0.1, -0.05) is 18.2 Å². The minimum absolute atomic E-state index is 0.276. The zero-order valence-electron chi connectivity index (χ0n) is 11.0. The zero-order valence-corrected chi connectivity index (χ0v) is 11.0. The first-order chi connectivity index (χ1) is 9.78. The van der Waals surface area contributed by atoms with E-state index in [-0.39, 0.29) is 11.8 Å². The molecule has 3 rings (SSSR count). The Kier molecular flexibility index (Phi) is 3.40. The molecule has 5 heteroatoms. The highest BCUT2D eigenvalue weighted by molar-refractivity contribution is 5.59. The van der Waals surface area contributed by atoms with Crippen LogP contribution in [-0.2, 0) is 0 Å². The summed E-state index contributed by atoms with van der Waals surface area (Å²) in [5.41, 5.74) is 1.12. The van der Waals surface area contributed by atoms with Crippen molar-refractivity contribution in [3.05, 3.63) is 36.0 Å². The van der Waals surface area contributed by atoms with Crippen molar-refractivity contribution in [3.63, 3.8) is 0 Å². The van der Waals surface area contributed by atoms with E-state index in [2.05, 4.69) is 11.1 Å². The van der Waals surface area contributed by atoms with Crippen LogP contribution in [0.4, 0.5) is 5.88 Å². The lowest BCUT2D eigenvalue weighted by atomic mass is 10.1. The van der Waals surface area contributed by atoms with Crippen molar-refractivity contribution in [2.75, 3.05) is 18.0 Å². The number of β-amino-alcohol motifs (C(OH)–C–C–N with tert-alkyl or cyclic N) is 1. The summed E-state index contributed by atoms with van der Waals surface area (Å²) in [6.07, 6.45) is 1.30. The van der Waals surface area contributed by atoms with E-state index >= 15 is 0 Å². The van der Waals surface area contributed by atoms with Crippen molar-refractivity contribution in [1.82, 2.24) is 4.98 Å². The number of rotatable bonds is 2. The molecular formula is C15H15N3O2. The van der Waals surface area contributed by atoms with Gasteiger partial charge in [-0.15, -0.1) is 0 Å². The molecule has 1 fully saturated rings. The number of aromatic nitrogens is 1. The normalized spacial score (nSPS) is 18.8. The average molecular weight is 269 g/mol. The highest BCUT2D eigenvalue weighted by Gasteiger charge is 2.25. The third-order valence-electron chi connectivity index (χ3n) is 3.42. The standard InChI is InChI=1S/C15H15N3O2/c16-9-13-15(18-8-4-7-12(19)10-18)20-14(17-13)11-5-2-1-3-6-11/h1-3,5-6,12,19H,4,7-8,10H2/t12-/m0/s1. The smallest absolute Gasteiger partial charge is 0.235 e. The van der Waals surface area contributed by atoms with Crippen molar-refractivity contribution < 1.29 is 9.52 Å². The second-order valence-corrected chi connectivity index (χ2v) is 4.89. The van der Waals surface area contributed by atoms with Crippen LogP contribution in [0.1, 0.15) is 18.5 Å². The molecule has 0 saturated carbocycles. The molecule has 0 bridgehead atoms. The summed E-state index contributed by atoms with van der Waals surface area (Å²) < 4.78 is 5.76. The third kappa shape index (κ3) is 2.38. The maximum absolute atomic E-state index is 9.74. The summed E-state index contributed by atoms with van der Waals surface area (Å²) in [5, 5.41) is 19.0. The molecule has 102 valence electrons. The quantitative estimate of drug-likeness (QED) is 0.904. The monoisotopic (exact) mass is 269 g/mol. The van der Waals surface area contributed by atoms with Gasteiger partial charge in [-0.05, 0) is 25.0 Å². The van der Waals surface area contributed by atoms with Crippen LogP contribution >= 0.6 is 0 Å². The van der Waals surface area contributed by atoms with Crippen molar-refractivity contribution >= 4 is 5.88 Å². The minimum atomic E-state index is -0.374. The molecule has 0 radical (unpaired) electrons. The number of hydrogen-bond donors (Lipinski definition) is 1. The molecule has 1 aromatic heterocycles. The number of anilines is 1. The number of oxazole rings is 1. The maximum Gasteiger partial charge on any atom is 0.235 e. The van der Waals surface area contributed by atoms with E-state index in [1.807, 2.05) is 35.2 Å². The average Bonchev–Trinajstić information content (AvgIpc) is 2.92. The Morgan fingerprint density at radius 2 is 2.15 bits per heavy atom. The predicted octanol–water partition coefficient (Wildman–Crippen LogP) is 2.17. The molecule has 0 unspecified atom stereocenters. The van der Waals surface area contributed by atoms with Gasteiger partial charge in [0.05, 0.1) is 6.10 Å². The Labute approximate surface area is 117 Å². The first kappa shape index (κ1) is 12.7. The molecule has 0 amide bonds. The Morgan fingerprint density at radius 1 is 1.35 bits per heavy atom. The molecular weight excluding hydrogens is 254 g/mol. The van der Waals surface area contributed by atoms with Gasteiger partial charge in [0.1, 0.15) is 6.07 Å². The van der Waals surface area contributed by atoms with Gasteiger partial charge in [0, 0.05) is 18.7 Å². The first-order valence-electron chi connectivity index (χ1n) is 6.67. The van der Waals surface area contributed by atoms with E-state index in [4.69, 9.17) is 4.42 Å². The highest BCUT2D eigenvalue weighted by Crippen LogP contribution is 2.29. The van der Waals surface area contributed by atoms with Gasteiger partial charge >= 0.3 is 0 Å². The summed E-state index contributed by atoms with van der Waals surface area (Å²) >= 11 is 0. The van der Waals surface area contributed by atoms with Crippen LogP contribution in [0, 0.1) is 11.3 Å². The largest absolute Gasteiger partial charge is 0.419 e. The topological polar surface area (TPSA) is 73.3 Å². The predicted molar refractivity (Wildman–Crippen MR) is 74.1 cm³/mol. The van der Waals surface area contributed by atoms with Gasteiger partial charge in [-0.3, -0.25) is 0 Å². The summed E-state index contributed by atoms with van der Waals surface area (Å²) in [7, 11) is 0. The Bertz CT molecular complexity index is 630. The summed E-state index contributed by atoms with van der Waals surface area (Å²) in [5.74, 6) is 0.905. The van der Waals surface area contributed by atoms with Gasteiger partial charge in [-0.2, -0.15) is 10.2 Å². The molecule has 0 spiro atoms. The Morgan fingerprint density at radius 3 is 2.85 bits per heavy atom. The van der Waals surface area contributed by atoms with E-state index in [9.17, 15) is 10.4 Å². The van der Waals surface area contributed by atoms with E-state index < -0.39 is 0 Å². The number of piperidine rings is 1. The lowest BCUT2D eigenvalue weighted by Gasteiger charge is -2.29. The molecule has 1 atom stereocenters. The van der Waals surface area contributed by atoms with Gasteiger partial charge in [-0.25, -0.2) is 0 Å². The Hall–Kier alpha value is -2.32. The minimum Gasteiger partial charge on any atom is -0.419 e. The molecule has 1 saturated heterocycles. The molecule has 2 heterocycles. The number of hydrogen-bond acceptors (Lipinski definition) is 5. The van der Waals surface area contributed by atoms with Crippen LogP contribution in [0.3, 0.4) is 0 Å². The van der Waals surface area contributed by atoms with Crippen LogP contribution in [0.2, 0.25) is 0 Å². The fraction of sp³-hybridized carbons (Fsp3) is 0.333. The lowest BCUT2D eigenvalue weighted by molar-refractivity contribution is 0.152. The molecule has 5 nitrogen and oxygen atoms in total. The van der Waals surface area contributed by atoms with Crippen LogP contribution in [0.15, 0.2) is 34.7 Å². The number of nitriles is 1. The van der Waals surface area contributed by atoms with Gasteiger partial charge < -0.3 is 14.4 Å². The summed E-state index contributed by atoms with van der Waals surface area (Å²) in [4.78, 5) is 6.14. The fourth-order valence-corrected chi connectivity index (χ4v) is 2.44. The molecule has 2 aromatic rings. The molecule has 1 aromatic carbocycles. The SMILES string of the molecule is N#Cc1nc(-c2ccccc2)oc1N1CCC[C@H](O)C1. The van der Waals surface area contributed by atoms with Crippen LogP contribution in [0.5, 0.6) is 0 Å². The second kappa shape index (κ2) is 5.35. The van der Waals surface area contributed by atoms with Crippen molar-refractivity contribution in [3.8, 4) is 17.5 Å². The summed E-state index contributed by atoms with van der Waals surface area (Å²) in [6, 6.07) is 11.6. The lowest BCUT2D eigenvalue weighted by Crippen LogP contribution is -2.38. The van der Waals surface area contributed by atoms with Crippen molar-refractivity contribution in [1.29, 1.82) is 5.26 Å². The van der Waals surface area contributed by atoms with Crippen molar-refractivity contribution in [2.45, 2.75) is 18.9 Å². The molecule has 1 N–H and O–H groups in total. The van der Waals surface area contributed by atoms with E-state index in [0.29, 0.717) is 18.3 Å². The van der Waals surface area contributed by atoms with Gasteiger partial charge in [0.25, 0.3) is 0 Å². The van der Waals surface area contributed by atoms with E-state index in [1.165, 1.54) is 0 Å². The summed E-state index contributed by atoms with van der Waals surface area (Å²) in [6.45, 7) is 1.26. The third-order valence-corrected chi connectivity index (χ3v) is 3.42. The van der Waals surface area contributed by atoms with Crippen LogP contribution in [-0.4, -0.2) is 29.3 Å². The number of aliphatic hydroxyl groups is 1. The van der Waals surface area contributed by atoms with Gasteiger partial charge in [0.15, 0.2) is 0 Å². The van der Waals surface area contributed by atoms with Crippen molar-refractivity contribution in [2.24, 2.45) is 0 Å². The Balaban J connectivity index is 1.95. The first-order valence-corrected chi connectivity index (χ1v) is 6.67. The number of benzene rings is 1.